The van der Waals surface area contributed by atoms with Crippen molar-refractivity contribution in [3.8, 4) is 18.2 Å². The molecule has 3 rings (SSSR count). The molecule has 5 nitrogen and oxygen atoms in total. The lowest BCUT2D eigenvalue weighted by atomic mass is 9.70. The summed E-state index contributed by atoms with van der Waals surface area (Å²) in [7, 11) is 0. The Hall–Kier alpha value is -2.32. The molecule has 2 atom stereocenters. The highest BCUT2D eigenvalue weighted by atomic mass is 15.1. The molecule has 0 aromatic rings. The summed E-state index contributed by atoms with van der Waals surface area (Å²) >= 11 is 0. The summed E-state index contributed by atoms with van der Waals surface area (Å²) in [4.78, 5) is 2.33. The van der Waals surface area contributed by atoms with Crippen molar-refractivity contribution in [2.45, 2.75) is 38.5 Å². The standard InChI is InChI=1S/C17H19N5/c18-9-13-16(21)15-12(17(13,10-19)11-20)5-4-6-14(15)22-7-2-1-3-8-22/h12-13,21H,1-8H2/t12-,13+/m1/s1. The van der Waals surface area contributed by atoms with Crippen LogP contribution in [0, 0.1) is 56.7 Å². The second kappa shape index (κ2) is 5.47. The number of nitrogens with one attached hydrogen (secondary N) is 1. The number of piperidine rings is 1. The predicted molar refractivity (Wildman–Crippen MR) is 80.3 cm³/mol. The van der Waals surface area contributed by atoms with Crippen molar-refractivity contribution in [1.82, 2.24) is 4.90 Å². The fraction of sp³-hybridized carbons (Fsp3) is 0.647. The Morgan fingerprint density at radius 3 is 2.32 bits per heavy atom. The van der Waals surface area contributed by atoms with E-state index in [4.69, 9.17) is 5.41 Å². The van der Waals surface area contributed by atoms with E-state index in [0.717, 1.165) is 56.5 Å². The van der Waals surface area contributed by atoms with Gasteiger partial charge in [-0.05, 0) is 44.1 Å². The number of fused-ring (bicyclic) bond motifs is 1. The van der Waals surface area contributed by atoms with Crippen LogP contribution >= 0.6 is 0 Å². The molecule has 0 bridgehead atoms. The minimum Gasteiger partial charge on any atom is -0.375 e. The lowest BCUT2D eigenvalue weighted by Crippen LogP contribution is -2.34. The number of hydrogen-bond acceptors (Lipinski definition) is 5. The van der Waals surface area contributed by atoms with Gasteiger partial charge in [0, 0.05) is 24.7 Å². The molecule has 22 heavy (non-hydrogen) atoms. The van der Waals surface area contributed by atoms with Crippen LogP contribution in [0.1, 0.15) is 38.5 Å². The molecule has 1 N–H and O–H groups in total. The van der Waals surface area contributed by atoms with Gasteiger partial charge in [0.1, 0.15) is 5.92 Å². The lowest BCUT2D eigenvalue weighted by molar-refractivity contribution is 0.250. The maximum Gasteiger partial charge on any atom is 0.171 e. The van der Waals surface area contributed by atoms with Gasteiger partial charge in [0.15, 0.2) is 5.41 Å². The van der Waals surface area contributed by atoms with Gasteiger partial charge in [-0.15, -0.1) is 0 Å². The van der Waals surface area contributed by atoms with Gasteiger partial charge in [0.2, 0.25) is 0 Å². The van der Waals surface area contributed by atoms with Crippen molar-refractivity contribution in [1.29, 1.82) is 21.2 Å². The van der Waals surface area contributed by atoms with Crippen LogP contribution in [-0.2, 0) is 0 Å². The second-order valence-electron chi connectivity index (χ2n) is 6.42. The van der Waals surface area contributed by atoms with E-state index in [0.29, 0.717) is 0 Å². The molecule has 0 unspecified atom stereocenters. The molecule has 0 aromatic carbocycles. The van der Waals surface area contributed by atoms with E-state index in [1.54, 1.807) is 0 Å². The van der Waals surface area contributed by atoms with Gasteiger partial charge in [-0.2, -0.15) is 15.8 Å². The molecular formula is C17H19N5. The fourth-order valence-electron chi connectivity index (χ4n) is 4.31. The van der Waals surface area contributed by atoms with E-state index in [1.807, 2.05) is 0 Å². The van der Waals surface area contributed by atoms with Crippen molar-refractivity contribution >= 4 is 5.71 Å². The summed E-state index contributed by atoms with van der Waals surface area (Å²) in [6.45, 7) is 1.98. The first-order valence-electron chi connectivity index (χ1n) is 7.98. The van der Waals surface area contributed by atoms with Gasteiger partial charge in [-0.1, -0.05) is 0 Å². The molecule has 1 heterocycles. The molecule has 0 amide bonds. The molecule has 5 heteroatoms. The first-order chi connectivity index (χ1) is 10.7. The summed E-state index contributed by atoms with van der Waals surface area (Å²) in [5.74, 6) is -1.19. The summed E-state index contributed by atoms with van der Waals surface area (Å²) in [5.41, 5.74) is 0.815. The van der Waals surface area contributed by atoms with Crippen LogP contribution in [0.5, 0.6) is 0 Å². The van der Waals surface area contributed by atoms with Crippen molar-refractivity contribution in [2.24, 2.45) is 17.3 Å². The Kier molecular flexibility index (Phi) is 3.63. The number of allylic oxidation sites excluding steroid dienone is 2. The van der Waals surface area contributed by atoms with Crippen molar-refractivity contribution < 1.29 is 0 Å². The molecule has 1 saturated carbocycles. The Morgan fingerprint density at radius 2 is 1.73 bits per heavy atom. The first kappa shape index (κ1) is 14.6. The minimum atomic E-state index is -1.37. The summed E-state index contributed by atoms with van der Waals surface area (Å²) < 4.78 is 0. The molecule has 0 radical (unpaired) electrons. The van der Waals surface area contributed by atoms with Gasteiger partial charge < -0.3 is 10.3 Å². The van der Waals surface area contributed by atoms with E-state index in [-0.39, 0.29) is 11.6 Å². The normalized spacial score (nSPS) is 30.2. The van der Waals surface area contributed by atoms with Crippen LogP contribution in [0.2, 0.25) is 0 Å². The summed E-state index contributed by atoms with van der Waals surface area (Å²) in [6.07, 6.45) is 6.10. The molecular weight excluding hydrogens is 274 g/mol. The van der Waals surface area contributed by atoms with E-state index in [2.05, 4.69) is 23.1 Å². The third kappa shape index (κ3) is 1.84. The van der Waals surface area contributed by atoms with E-state index in [1.165, 1.54) is 6.42 Å². The Labute approximate surface area is 130 Å². The molecule has 3 aliphatic rings. The zero-order valence-electron chi connectivity index (χ0n) is 12.6. The average Bonchev–Trinajstić information content (AvgIpc) is 2.84. The van der Waals surface area contributed by atoms with Gasteiger partial charge in [-0.3, -0.25) is 0 Å². The smallest absolute Gasteiger partial charge is 0.171 e. The van der Waals surface area contributed by atoms with Crippen LogP contribution in [0.15, 0.2) is 11.3 Å². The predicted octanol–water partition coefficient (Wildman–Crippen LogP) is 2.73. The largest absolute Gasteiger partial charge is 0.375 e. The van der Waals surface area contributed by atoms with Crippen molar-refractivity contribution in [3.63, 3.8) is 0 Å². The van der Waals surface area contributed by atoms with Crippen LogP contribution in [-0.4, -0.2) is 23.7 Å². The highest BCUT2D eigenvalue weighted by molar-refractivity contribution is 6.06. The van der Waals surface area contributed by atoms with Gasteiger partial charge in [-0.25, -0.2) is 0 Å². The number of hydrogen-bond donors (Lipinski definition) is 1. The SMILES string of the molecule is N#C[C@H]1C(=N)C2=C(N3CCCCC3)CCC[C@H]2C1(C#N)C#N. The van der Waals surface area contributed by atoms with Crippen LogP contribution in [0.3, 0.4) is 0 Å². The summed E-state index contributed by atoms with van der Waals surface area (Å²) in [6, 6.07) is 6.27. The molecule has 1 saturated heterocycles. The van der Waals surface area contributed by atoms with Gasteiger partial charge in [0.25, 0.3) is 0 Å². The van der Waals surface area contributed by atoms with Crippen LogP contribution < -0.4 is 0 Å². The topological polar surface area (TPSA) is 98.5 Å². The van der Waals surface area contributed by atoms with Crippen molar-refractivity contribution in [2.75, 3.05) is 13.1 Å². The fourth-order valence-corrected chi connectivity index (χ4v) is 4.31. The first-order valence-corrected chi connectivity index (χ1v) is 7.98. The third-order valence-electron chi connectivity index (χ3n) is 5.39. The zero-order chi connectivity index (χ0) is 15.7. The zero-order valence-corrected chi connectivity index (χ0v) is 12.6. The number of likely N-dealkylation sites (tertiary alicyclic amines) is 1. The molecule has 1 aliphatic heterocycles. The molecule has 2 fully saturated rings. The van der Waals surface area contributed by atoms with Crippen LogP contribution in [0.4, 0.5) is 0 Å². The monoisotopic (exact) mass is 293 g/mol. The highest BCUT2D eigenvalue weighted by Gasteiger charge is 2.59. The van der Waals surface area contributed by atoms with E-state index < -0.39 is 11.3 Å². The Morgan fingerprint density at radius 1 is 1.05 bits per heavy atom. The molecule has 0 aromatic heterocycles. The molecule has 112 valence electrons. The maximum atomic E-state index is 9.61. The molecule has 2 aliphatic carbocycles. The van der Waals surface area contributed by atoms with E-state index >= 15 is 0 Å². The Balaban J connectivity index is 2.12. The Bertz CT molecular complexity index is 634. The van der Waals surface area contributed by atoms with Gasteiger partial charge in [0.05, 0.1) is 23.9 Å². The average molecular weight is 293 g/mol. The number of nitriles is 3. The quantitative estimate of drug-likeness (QED) is 0.803. The minimum absolute atomic E-state index is 0.218. The number of nitrogens with zero attached hydrogens (tertiary/aromatic N) is 4. The third-order valence-corrected chi connectivity index (χ3v) is 5.39. The lowest BCUT2D eigenvalue weighted by Gasteiger charge is -2.37. The molecule has 0 spiro atoms. The van der Waals surface area contributed by atoms with E-state index in [9.17, 15) is 15.8 Å². The maximum absolute atomic E-state index is 9.61. The number of rotatable bonds is 1. The highest BCUT2D eigenvalue weighted by Crippen LogP contribution is 2.54. The summed E-state index contributed by atoms with van der Waals surface area (Å²) in [5, 5.41) is 37.1. The second-order valence-corrected chi connectivity index (χ2v) is 6.42. The van der Waals surface area contributed by atoms with Crippen molar-refractivity contribution in [3.05, 3.63) is 11.3 Å². The van der Waals surface area contributed by atoms with Crippen LogP contribution in [0.25, 0.3) is 0 Å². The van der Waals surface area contributed by atoms with Gasteiger partial charge >= 0.3 is 0 Å².